The van der Waals surface area contributed by atoms with Gasteiger partial charge in [0.2, 0.25) is 0 Å². The van der Waals surface area contributed by atoms with Gasteiger partial charge in [0.15, 0.2) is 17.3 Å². The Kier molecular flexibility index (Phi) is 5.27. The molecule has 0 aliphatic rings. The van der Waals surface area contributed by atoms with Crippen LogP contribution in [0.5, 0.6) is 5.75 Å². The van der Waals surface area contributed by atoms with Crippen LogP contribution >= 0.6 is 0 Å². The van der Waals surface area contributed by atoms with Crippen LogP contribution in [0.25, 0.3) is 0 Å². The molecule has 0 amide bonds. The summed E-state index contributed by atoms with van der Waals surface area (Å²) in [5.41, 5.74) is 0.744. The molecule has 1 heterocycles. The van der Waals surface area contributed by atoms with Gasteiger partial charge in [-0.05, 0) is 24.6 Å². The Morgan fingerprint density at radius 1 is 1.29 bits per heavy atom. The molecule has 0 aliphatic carbocycles. The molecule has 0 saturated heterocycles. The fourth-order valence-corrected chi connectivity index (χ4v) is 1.73. The quantitative estimate of drug-likeness (QED) is 0.852. The predicted octanol–water partition coefficient (Wildman–Crippen LogP) is 3.28. The number of benzene rings is 1. The molecule has 0 bridgehead atoms. The molecule has 0 saturated carbocycles. The van der Waals surface area contributed by atoms with E-state index in [1.807, 2.05) is 0 Å². The summed E-state index contributed by atoms with van der Waals surface area (Å²) in [6.07, 6.45) is 0. The number of aromatic nitrogens is 1. The zero-order valence-corrected chi connectivity index (χ0v) is 12.0. The van der Waals surface area contributed by atoms with Crippen LogP contribution in [0.15, 0.2) is 28.8 Å². The van der Waals surface area contributed by atoms with Gasteiger partial charge in [-0.25, -0.2) is 8.78 Å². The number of hydrogen-bond donors (Lipinski definition) is 1. The summed E-state index contributed by atoms with van der Waals surface area (Å²) in [7, 11) is 0. The lowest BCUT2D eigenvalue weighted by atomic mass is 10.2. The molecule has 4 nitrogen and oxygen atoms in total. The van der Waals surface area contributed by atoms with E-state index in [1.165, 1.54) is 0 Å². The zero-order chi connectivity index (χ0) is 15.2. The van der Waals surface area contributed by atoms with Crippen molar-refractivity contribution in [1.29, 1.82) is 0 Å². The Balaban J connectivity index is 1.86. The number of hydrogen-bond acceptors (Lipinski definition) is 4. The van der Waals surface area contributed by atoms with Crippen LogP contribution in [0.1, 0.15) is 25.3 Å². The first-order valence-electron chi connectivity index (χ1n) is 6.77. The second kappa shape index (κ2) is 7.17. The fraction of sp³-hybridized carbons (Fsp3) is 0.400. The van der Waals surface area contributed by atoms with Crippen molar-refractivity contribution in [2.45, 2.75) is 27.0 Å². The van der Waals surface area contributed by atoms with E-state index in [-0.39, 0.29) is 12.4 Å². The first-order valence-corrected chi connectivity index (χ1v) is 6.77. The van der Waals surface area contributed by atoms with E-state index in [0.717, 1.165) is 30.4 Å². The molecule has 1 aromatic heterocycles. The van der Waals surface area contributed by atoms with Crippen LogP contribution in [0, 0.1) is 17.6 Å². The highest BCUT2D eigenvalue weighted by Crippen LogP contribution is 2.19. The van der Waals surface area contributed by atoms with Crippen LogP contribution in [-0.4, -0.2) is 11.7 Å². The van der Waals surface area contributed by atoms with Crippen molar-refractivity contribution in [1.82, 2.24) is 10.5 Å². The molecule has 1 N–H and O–H groups in total. The van der Waals surface area contributed by atoms with E-state index in [9.17, 15) is 8.78 Å². The summed E-state index contributed by atoms with van der Waals surface area (Å²) in [4.78, 5) is 0. The minimum Gasteiger partial charge on any atom is -0.482 e. The monoisotopic (exact) mass is 296 g/mol. The van der Waals surface area contributed by atoms with Gasteiger partial charge in [0.1, 0.15) is 12.4 Å². The van der Waals surface area contributed by atoms with Gasteiger partial charge in [0, 0.05) is 18.7 Å². The molecule has 0 aliphatic heterocycles. The van der Waals surface area contributed by atoms with Gasteiger partial charge in [-0.2, -0.15) is 0 Å². The molecule has 2 aromatic rings. The van der Waals surface area contributed by atoms with Crippen molar-refractivity contribution in [3.8, 4) is 5.75 Å². The fourth-order valence-electron chi connectivity index (χ4n) is 1.73. The topological polar surface area (TPSA) is 47.3 Å². The SMILES string of the molecule is CC(C)CNCc1cc(COc2cc(F)ccc2F)on1. The molecule has 0 atom stereocenters. The highest BCUT2D eigenvalue weighted by atomic mass is 19.1. The zero-order valence-electron chi connectivity index (χ0n) is 12.0. The van der Waals surface area contributed by atoms with Crippen molar-refractivity contribution >= 4 is 0 Å². The molecule has 0 unspecified atom stereocenters. The van der Waals surface area contributed by atoms with Crippen molar-refractivity contribution in [2.24, 2.45) is 5.92 Å². The van der Waals surface area contributed by atoms with Crippen LogP contribution in [-0.2, 0) is 13.2 Å². The molecule has 114 valence electrons. The standard InChI is InChI=1S/C15H18F2N2O2/c1-10(2)7-18-8-12-6-13(21-19-12)9-20-15-5-11(16)3-4-14(15)17/h3-6,10,18H,7-9H2,1-2H3. The van der Waals surface area contributed by atoms with E-state index < -0.39 is 11.6 Å². The Labute approximate surface area is 122 Å². The summed E-state index contributed by atoms with van der Waals surface area (Å²) in [6, 6.07) is 4.78. The third kappa shape index (κ3) is 4.82. The highest BCUT2D eigenvalue weighted by molar-refractivity contribution is 5.25. The second-order valence-electron chi connectivity index (χ2n) is 5.17. The van der Waals surface area contributed by atoms with E-state index in [0.29, 0.717) is 18.2 Å². The molecule has 2 rings (SSSR count). The van der Waals surface area contributed by atoms with Crippen molar-refractivity contribution < 1.29 is 18.0 Å². The third-order valence-corrected chi connectivity index (χ3v) is 2.73. The maximum atomic E-state index is 13.4. The summed E-state index contributed by atoms with van der Waals surface area (Å²) < 4.78 is 36.6. The molecule has 0 fully saturated rings. The molecule has 1 aromatic carbocycles. The summed E-state index contributed by atoms with van der Waals surface area (Å²) in [5.74, 6) is -0.307. The van der Waals surface area contributed by atoms with Crippen LogP contribution < -0.4 is 10.1 Å². The van der Waals surface area contributed by atoms with E-state index in [1.54, 1.807) is 6.07 Å². The molecule has 6 heteroatoms. The van der Waals surface area contributed by atoms with Crippen molar-refractivity contribution in [3.63, 3.8) is 0 Å². The van der Waals surface area contributed by atoms with Gasteiger partial charge in [0.25, 0.3) is 0 Å². The predicted molar refractivity (Wildman–Crippen MR) is 73.7 cm³/mol. The van der Waals surface area contributed by atoms with Crippen molar-refractivity contribution in [2.75, 3.05) is 6.54 Å². The summed E-state index contributed by atoms with van der Waals surface area (Å²) in [5, 5.41) is 7.11. The lowest BCUT2D eigenvalue weighted by Crippen LogP contribution is -2.19. The lowest BCUT2D eigenvalue weighted by molar-refractivity contribution is 0.238. The number of nitrogens with zero attached hydrogens (tertiary/aromatic N) is 1. The molecule has 21 heavy (non-hydrogen) atoms. The minimum absolute atomic E-state index is 0.00243. The number of nitrogens with one attached hydrogen (secondary N) is 1. The summed E-state index contributed by atoms with van der Waals surface area (Å²) >= 11 is 0. The van der Waals surface area contributed by atoms with Gasteiger partial charge < -0.3 is 14.6 Å². The first kappa shape index (κ1) is 15.4. The molecular weight excluding hydrogens is 278 g/mol. The Bertz CT molecular complexity index is 585. The van der Waals surface area contributed by atoms with Gasteiger partial charge in [-0.15, -0.1) is 0 Å². The average Bonchev–Trinajstić information content (AvgIpc) is 2.87. The molecule has 0 radical (unpaired) electrons. The largest absolute Gasteiger partial charge is 0.482 e. The maximum absolute atomic E-state index is 13.4. The second-order valence-corrected chi connectivity index (χ2v) is 5.17. The number of ether oxygens (including phenoxy) is 1. The van der Waals surface area contributed by atoms with E-state index in [2.05, 4.69) is 24.3 Å². The Morgan fingerprint density at radius 2 is 2.10 bits per heavy atom. The molecular formula is C15H18F2N2O2. The van der Waals surface area contributed by atoms with Gasteiger partial charge in [-0.1, -0.05) is 19.0 Å². The maximum Gasteiger partial charge on any atom is 0.174 e. The Morgan fingerprint density at radius 3 is 2.86 bits per heavy atom. The van der Waals surface area contributed by atoms with Crippen LogP contribution in [0.4, 0.5) is 8.78 Å². The van der Waals surface area contributed by atoms with E-state index in [4.69, 9.17) is 9.26 Å². The molecule has 0 spiro atoms. The van der Waals surface area contributed by atoms with Gasteiger partial charge in [-0.3, -0.25) is 0 Å². The smallest absolute Gasteiger partial charge is 0.174 e. The average molecular weight is 296 g/mol. The lowest BCUT2D eigenvalue weighted by Gasteiger charge is -2.04. The van der Waals surface area contributed by atoms with Gasteiger partial charge in [0.05, 0.1) is 5.69 Å². The number of halogens is 2. The van der Waals surface area contributed by atoms with Crippen LogP contribution in [0.2, 0.25) is 0 Å². The van der Waals surface area contributed by atoms with E-state index >= 15 is 0 Å². The van der Waals surface area contributed by atoms with Crippen molar-refractivity contribution in [3.05, 3.63) is 47.4 Å². The summed E-state index contributed by atoms with van der Waals surface area (Å²) in [6.45, 7) is 5.70. The van der Waals surface area contributed by atoms with Crippen LogP contribution in [0.3, 0.4) is 0 Å². The number of rotatable bonds is 7. The third-order valence-electron chi connectivity index (χ3n) is 2.73. The first-order chi connectivity index (χ1) is 10.0. The normalized spacial score (nSPS) is 11.1. The minimum atomic E-state index is -0.616. The highest BCUT2D eigenvalue weighted by Gasteiger charge is 2.09. The Hall–Kier alpha value is -1.95. The van der Waals surface area contributed by atoms with Gasteiger partial charge >= 0.3 is 0 Å².